The normalized spacial score (nSPS) is 11.6. The average molecular weight is 300 g/mol. The second-order valence-corrected chi connectivity index (χ2v) is 7.13. The van der Waals surface area contributed by atoms with Gasteiger partial charge in [-0.3, -0.25) is 0 Å². The van der Waals surface area contributed by atoms with E-state index in [1.54, 1.807) is 4.68 Å². The first-order valence-electron chi connectivity index (χ1n) is 8.17. The van der Waals surface area contributed by atoms with Crippen molar-refractivity contribution < 1.29 is 5.11 Å². The number of aryl methyl sites for hydroxylation is 2. The molecule has 1 aromatic carbocycles. The van der Waals surface area contributed by atoms with E-state index < -0.39 is 0 Å². The molecule has 0 unspecified atom stereocenters. The van der Waals surface area contributed by atoms with Crippen molar-refractivity contribution in [1.29, 1.82) is 0 Å². The molecule has 0 aliphatic rings. The molecule has 3 nitrogen and oxygen atoms in total. The molecule has 0 bridgehead atoms. The summed E-state index contributed by atoms with van der Waals surface area (Å²) in [5.41, 5.74) is 5.42. The highest BCUT2D eigenvalue weighted by molar-refractivity contribution is 5.44. The van der Waals surface area contributed by atoms with Gasteiger partial charge in [-0.15, -0.1) is 0 Å². The Labute approximate surface area is 134 Å². The van der Waals surface area contributed by atoms with Gasteiger partial charge in [-0.2, -0.15) is 5.10 Å². The van der Waals surface area contributed by atoms with Crippen molar-refractivity contribution in [3.05, 3.63) is 40.6 Å². The molecule has 0 radical (unpaired) electrons. The zero-order valence-corrected chi connectivity index (χ0v) is 14.6. The standard InChI is InChI=1S/C19H28N2O/c1-12(2)9-17-18(10-13(3)4)20-21(19(17)22)16-8-7-14(5)15(6)11-16/h7-8,11-13,22H,9-10H2,1-6H3. The molecule has 22 heavy (non-hydrogen) atoms. The summed E-state index contributed by atoms with van der Waals surface area (Å²) in [5.74, 6) is 1.32. The van der Waals surface area contributed by atoms with E-state index in [9.17, 15) is 5.11 Å². The van der Waals surface area contributed by atoms with E-state index in [0.29, 0.717) is 17.7 Å². The Kier molecular flexibility index (Phi) is 4.94. The lowest BCUT2D eigenvalue weighted by atomic mass is 9.98. The van der Waals surface area contributed by atoms with Gasteiger partial charge in [-0.05, 0) is 61.8 Å². The SMILES string of the molecule is Cc1ccc(-n2nc(CC(C)C)c(CC(C)C)c2O)cc1C. The highest BCUT2D eigenvalue weighted by Gasteiger charge is 2.20. The fraction of sp³-hybridized carbons (Fsp3) is 0.526. The number of hydrogen-bond acceptors (Lipinski definition) is 2. The minimum atomic E-state index is 0.299. The van der Waals surface area contributed by atoms with Crippen molar-refractivity contribution in [3.8, 4) is 11.6 Å². The van der Waals surface area contributed by atoms with E-state index in [0.717, 1.165) is 29.8 Å². The Morgan fingerprint density at radius 2 is 1.64 bits per heavy atom. The van der Waals surface area contributed by atoms with Crippen LogP contribution in [0.3, 0.4) is 0 Å². The monoisotopic (exact) mass is 300 g/mol. The molecular formula is C19H28N2O. The van der Waals surface area contributed by atoms with Gasteiger partial charge in [0.1, 0.15) is 0 Å². The van der Waals surface area contributed by atoms with E-state index in [2.05, 4.69) is 53.7 Å². The van der Waals surface area contributed by atoms with E-state index in [-0.39, 0.29) is 0 Å². The van der Waals surface area contributed by atoms with Crippen LogP contribution in [0.1, 0.15) is 50.1 Å². The topological polar surface area (TPSA) is 38.0 Å². The van der Waals surface area contributed by atoms with Gasteiger partial charge in [0.2, 0.25) is 5.88 Å². The predicted octanol–water partition coefficient (Wildman–Crippen LogP) is 4.59. The molecule has 2 aromatic rings. The van der Waals surface area contributed by atoms with Crippen molar-refractivity contribution in [1.82, 2.24) is 9.78 Å². The second kappa shape index (κ2) is 6.55. The molecule has 1 aromatic heterocycles. The van der Waals surface area contributed by atoms with Crippen LogP contribution in [-0.4, -0.2) is 14.9 Å². The van der Waals surface area contributed by atoms with Gasteiger partial charge < -0.3 is 5.11 Å². The van der Waals surface area contributed by atoms with Crippen LogP contribution in [0.25, 0.3) is 5.69 Å². The van der Waals surface area contributed by atoms with Crippen LogP contribution in [0.2, 0.25) is 0 Å². The molecule has 120 valence electrons. The molecule has 0 aliphatic heterocycles. The van der Waals surface area contributed by atoms with Gasteiger partial charge in [0.05, 0.1) is 11.4 Å². The molecule has 3 heteroatoms. The summed E-state index contributed by atoms with van der Waals surface area (Å²) in [4.78, 5) is 0. The largest absolute Gasteiger partial charge is 0.493 e. The summed E-state index contributed by atoms with van der Waals surface area (Å²) in [6.07, 6.45) is 1.76. The first-order chi connectivity index (χ1) is 10.3. The first kappa shape index (κ1) is 16.6. The Hall–Kier alpha value is -1.77. The number of nitrogens with zero attached hydrogens (tertiary/aromatic N) is 2. The molecule has 2 rings (SSSR count). The van der Waals surface area contributed by atoms with Crippen LogP contribution < -0.4 is 0 Å². The zero-order chi connectivity index (χ0) is 16.4. The summed E-state index contributed by atoms with van der Waals surface area (Å²) in [7, 11) is 0. The number of benzene rings is 1. The Balaban J connectivity index is 2.51. The maximum absolute atomic E-state index is 10.7. The maximum atomic E-state index is 10.7. The Bertz CT molecular complexity index is 654. The fourth-order valence-corrected chi connectivity index (χ4v) is 2.69. The third-order valence-electron chi connectivity index (χ3n) is 3.99. The number of rotatable bonds is 5. The minimum absolute atomic E-state index is 0.299. The van der Waals surface area contributed by atoms with Crippen LogP contribution >= 0.6 is 0 Å². The summed E-state index contributed by atoms with van der Waals surface area (Å²) in [6, 6.07) is 6.18. The van der Waals surface area contributed by atoms with Gasteiger partial charge in [0, 0.05) is 5.56 Å². The molecule has 0 atom stereocenters. The number of aromatic nitrogens is 2. The van der Waals surface area contributed by atoms with Gasteiger partial charge >= 0.3 is 0 Å². The number of hydrogen-bond donors (Lipinski definition) is 1. The average Bonchev–Trinajstić information content (AvgIpc) is 2.70. The molecular weight excluding hydrogens is 272 g/mol. The lowest BCUT2D eigenvalue weighted by molar-refractivity contribution is 0.424. The van der Waals surface area contributed by atoms with E-state index in [1.807, 2.05) is 6.07 Å². The van der Waals surface area contributed by atoms with Crippen LogP contribution in [-0.2, 0) is 12.8 Å². The fourth-order valence-electron chi connectivity index (χ4n) is 2.69. The predicted molar refractivity (Wildman–Crippen MR) is 91.8 cm³/mol. The smallest absolute Gasteiger partial charge is 0.217 e. The van der Waals surface area contributed by atoms with E-state index in [1.165, 1.54) is 11.1 Å². The molecule has 1 heterocycles. The van der Waals surface area contributed by atoms with E-state index in [4.69, 9.17) is 5.10 Å². The number of aromatic hydroxyl groups is 1. The molecule has 0 fully saturated rings. The quantitative estimate of drug-likeness (QED) is 0.877. The van der Waals surface area contributed by atoms with Gasteiger partial charge in [0.15, 0.2) is 0 Å². The highest BCUT2D eigenvalue weighted by atomic mass is 16.3. The van der Waals surface area contributed by atoms with Crippen molar-refractivity contribution in [2.75, 3.05) is 0 Å². The zero-order valence-electron chi connectivity index (χ0n) is 14.6. The highest BCUT2D eigenvalue weighted by Crippen LogP contribution is 2.29. The minimum Gasteiger partial charge on any atom is -0.493 e. The lowest BCUT2D eigenvalue weighted by Gasteiger charge is -2.08. The third kappa shape index (κ3) is 3.52. The molecule has 0 saturated heterocycles. The molecule has 1 N–H and O–H groups in total. The van der Waals surface area contributed by atoms with Gasteiger partial charge in [-0.25, -0.2) is 4.68 Å². The van der Waals surface area contributed by atoms with Gasteiger partial charge in [-0.1, -0.05) is 33.8 Å². The summed E-state index contributed by atoms with van der Waals surface area (Å²) in [5, 5.41) is 15.4. The Morgan fingerprint density at radius 3 is 2.18 bits per heavy atom. The summed E-state index contributed by atoms with van der Waals surface area (Å²) < 4.78 is 1.70. The van der Waals surface area contributed by atoms with Crippen molar-refractivity contribution >= 4 is 0 Å². The molecule has 0 aliphatic carbocycles. The molecule has 0 amide bonds. The van der Waals surface area contributed by atoms with Gasteiger partial charge in [0.25, 0.3) is 0 Å². The van der Waals surface area contributed by atoms with Crippen molar-refractivity contribution in [2.45, 2.75) is 54.4 Å². The molecule has 0 saturated carbocycles. The first-order valence-corrected chi connectivity index (χ1v) is 8.17. The maximum Gasteiger partial charge on any atom is 0.217 e. The van der Waals surface area contributed by atoms with Crippen LogP contribution in [0.15, 0.2) is 18.2 Å². The van der Waals surface area contributed by atoms with Crippen molar-refractivity contribution in [2.24, 2.45) is 11.8 Å². The van der Waals surface area contributed by atoms with Crippen molar-refractivity contribution in [3.63, 3.8) is 0 Å². The van der Waals surface area contributed by atoms with Crippen LogP contribution in [0, 0.1) is 25.7 Å². The molecule has 0 spiro atoms. The second-order valence-electron chi connectivity index (χ2n) is 7.13. The summed E-state index contributed by atoms with van der Waals surface area (Å²) >= 11 is 0. The van der Waals surface area contributed by atoms with E-state index >= 15 is 0 Å². The van der Waals surface area contributed by atoms with Crippen LogP contribution in [0.5, 0.6) is 5.88 Å². The third-order valence-corrected chi connectivity index (χ3v) is 3.99. The summed E-state index contributed by atoms with van der Waals surface area (Å²) in [6.45, 7) is 12.9. The van der Waals surface area contributed by atoms with Crippen LogP contribution in [0.4, 0.5) is 0 Å². The Morgan fingerprint density at radius 1 is 1.00 bits per heavy atom. The lowest BCUT2D eigenvalue weighted by Crippen LogP contribution is -2.02.